The van der Waals surface area contributed by atoms with Crippen molar-refractivity contribution in [3.8, 4) is 5.75 Å². The standard InChI is InChI=1S/C19H23NO2/c1-2-21-14-6-13-20-15-17-9-11-19(12-10-17)22-16-18-7-4-3-5-8-18/h3-5,7-12,15H,2,6,13-14,16H2,1H3. The van der Waals surface area contributed by atoms with Crippen LogP contribution in [0.1, 0.15) is 24.5 Å². The number of hydrogen-bond acceptors (Lipinski definition) is 3. The Kier molecular flexibility index (Phi) is 7.19. The first-order chi connectivity index (χ1) is 10.9. The molecule has 116 valence electrons. The van der Waals surface area contributed by atoms with Crippen LogP contribution in [0, 0.1) is 0 Å². The Labute approximate surface area is 132 Å². The van der Waals surface area contributed by atoms with E-state index >= 15 is 0 Å². The Morgan fingerprint density at radius 3 is 2.50 bits per heavy atom. The minimum absolute atomic E-state index is 0.589. The second-order valence-corrected chi connectivity index (χ2v) is 4.93. The molecule has 0 heterocycles. The molecule has 0 bridgehead atoms. The fourth-order valence-electron chi connectivity index (χ4n) is 1.96. The topological polar surface area (TPSA) is 30.8 Å². The fourth-order valence-corrected chi connectivity index (χ4v) is 1.96. The third-order valence-corrected chi connectivity index (χ3v) is 3.15. The summed E-state index contributed by atoms with van der Waals surface area (Å²) in [6, 6.07) is 18.2. The first kappa shape index (κ1) is 16.2. The Hall–Kier alpha value is -2.13. The molecule has 2 aromatic rings. The van der Waals surface area contributed by atoms with Gasteiger partial charge in [0.1, 0.15) is 12.4 Å². The first-order valence-electron chi connectivity index (χ1n) is 7.73. The molecule has 0 amide bonds. The molecule has 0 atom stereocenters. The lowest BCUT2D eigenvalue weighted by Crippen LogP contribution is -1.96. The SMILES string of the molecule is CCOCCCN=Cc1ccc(OCc2ccccc2)cc1. The third kappa shape index (κ3) is 6.10. The smallest absolute Gasteiger partial charge is 0.119 e. The van der Waals surface area contributed by atoms with Crippen molar-refractivity contribution in [2.75, 3.05) is 19.8 Å². The van der Waals surface area contributed by atoms with E-state index in [4.69, 9.17) is 9.47 Å². The maximum absolute atomic E-state index is 5.76. The number of ether oxygens (including phenoxy) is 2. The van der Waals surface area contributed by atoms with E-state index in [1.165, 1.54) is 5.56 Å². The lowest BCUT2D eigenvalue weighted by atomic mass is 10.2. The fraction of sp³-hybridized carbons (Fsp3) is 0.316. The molecule has 0 radical (unpaired) electrons. The average molecular weight is 297 g/mol. The minimum Gasteiger partial charge on any atom is -0.489 e. The molecule has 0 fully saturated rings. The zero-order valence-corrected chi connectivity index (χ0v) is 13.1. The van der Waals surface area contributed by atoms with Crippen LogP contribution in [0.15, 0.2) is 59.6 Å². The summed E-state index contributed by atoms with van der Waals surface area (Å²) in [5.41, 5.74) is 2.26. The van der Waals surface area contributed by atoms with Crippen molar-refractivity contribution in [2.24, 2.45) is 4.99 Å². The lowest BCUT2D eigenvalue weighted by molar-refractivity contribution is 0.146. The van der Waals surface area contributed by atoms with Crippen molar-refractivity contribution in [1.82, 2.24) is 0 Å². The van der Waals surface area contributed by atoms with Crippen LogP contribution in [0.25, 0.3) is 0 Å². The second kappa shape index (κ2) is 9.74. The zero-order valence-electron chi connectivity index (χ0n) is 13.1. The zero-order chi connectivity index (χ0) is 15.5. The molecule has 0 aromatic heterocycles. The molecule has 3 nitrogen and oxygen atoms in total. The molecule has 0 aliphatic rings. The van der Waals surface area contributed by atoms with Gasteiger partial charge < -0.3 is 9.47 Å². The first-order valence-corrected chi connectivity index (χ1v) is 7.73. The maximum atomic E-state index is 5.76. The Morgan fingerprint density at radius 1 is 1.00 bits per heavy atom. The minimum atomic E-state index is 0.589. The molecule has 2 aromatic carbocycles. The quantitative estimate of drug-likeness (QED) is 0.515. The van der Waals surface area contributed by atoms with Crippen LogP contribution in [0.2, 0.25) is 0 Å². The molecule has 22 heavy (non-hydrogen) atoms. The highest BCUT2D eigenvalue weighted by Crippen LogP contribution is 2.13. The predicted octanol–water partition coefficient (Wildman–Crippen LogP) is 4.11. The van der Waals surface area contributed by atoms with Gasteiger partial charge in [0, 0.05) is 26.0 Å². The van der Waals surface area contributed by atoms with Crippen molar-refractivity contribution < 1.29 is 9.47 Å². The second-order valence-electron chi connectivity index (χ2n) is 4.93. The molecule has 0 saturated heterocycles. The van der Waals surface area contributed by atoms with Gasteiger partial charge in [0.15, 0.2) is 0 Å². The van der Waals surface area contributed by atoms with Crippen LogP contribution >= 0.6 is 0 Å². The van der Waals surface area contributed by atoms with E-state index in [1.54, 1.807) is 0 Å². The number of hydrogen-bond donors (Lipinski definition) is 0. The Morgan fingerprint density at radius 2 is 1.77 bits per heavy atom. The molecule has 0 N–H and O–H groups in total. The van der Waals surface area contributed by atoms with Crippen LogP contribution in [0.3, 0.4) is 0 Å². The van der Waals surface area contributed by atoms with Crippen LogP contribution < -0.4 is 4.74 Å². The highest BCUT2D eigenvalue weighted by molar-refractivity contribution is 5.79. The van der Waals surface area contributed by atoms with Gasteiger partial charge in [-0.05, 0) is 48.7 Å². The van der Waals surface area contributed by atoms with Crippen LogP contribution in [-0.4, -0.2) is 26.0 Å². The van der Waals surface area contributed by atoms with Gasteiger partial charge >= 0.3 is 0 Å². The van der Waals surface area contributed by atoms with Gasteiger partial charge in [-0.3, -0.25) is 4.99 Å². The van der Waals surface area contributed by atoms with Gasteiger partial charge in [-0.15, -0.1) is 0 Å². The van der Waals surface area contributed by atoms with E-state index in [1.807, 2.05) is 55.6 Å². The largest absolute Gasteiger partial charge is 0.489 e. The summed E-state index contributed by atoms with van der Waals surface area (Å²) < 4.78 is 11.0. The summed E-state index contributed by atoms with van der Waals surface area (Å²) in [7, 11) is 0. The maximum Gasteiger partial charge on any atom is 0.119 e. The molecule has 0 aliphatic carbocycles. The van der Waals surface area contributed by atoms with Crippen LogP contribution in [0.4, 0.5) is 0 Å². The molecule has 0 unspecified atom stereocenters. The van der Waals surface area contributed by atoms with E-state index in [-0.39, 0.29) is 0 Å². The number of aliphatic imine (C=N–C) groups is 1. The summed E-state index contributed by atoms with van der Waals surface area (Å²) in [6.45, 7) is 4.94. The van der Waals surface area contributed by atoms with E-state index in [2.05, 4.69) is 17.1 Å². The molecule has 0 spiro atoms. The summed E-state index contributed by atoms with van der Waals surface area (Å²) >= 11 is 0. The predicted molar refractivity (Wildman–Crippen MR) is 90.8 cm³/mol. The molecular weight excluding hydrogens is 274 g/mol. The highest BCUT2D eigenvalue weighted by Gasteiger charge is 1.95. The van der Waals surface area contributed by atoms with Gasteiger partial charge in [-0.1, -0.05) is 30.3 Å². The summed E-state index contributed by atoms with van der Waals surface area (Å²) in [5, 5.41) is 0. The van der Waals surface area contributed by atoms with Crippen molar-refractivity contribution >= 4 is 6.21 Å². The van der Waals surface area contributed by atoms with Crippen molar-refractivity contribution in [3.05, 3.63) is 65.7 Å². The molecule has 2 rings (SSSR count). The number of nitrogens with zero attached hydrogens (tertiary/aromatic N) is 1. The van der Waals surface area contributed by atoms with Crippen molar-refractivity contribution in [2.45, 2.75) is 20.0 Å². The third-order valence-electron chi connectivity index (χ3n) is 3.15. The molecule has 0 aliphatic heterocycles. The lowest BCUT2D eigenvalue weighted by Gasteiger charge is -2.06. The normalized spacial score (nSPS) is 11.0. The van der Waals surface area contributed by atoms with E-state index in [0.717, 1.165) is 37.5 Å². The average Bonchev–Trinajstić information content (AvgIpc) is 2.58. The van der Waals surface area contributed by atoms with Crippen LogP contribution in [0.5, 0.6) is 5.75 Å². The summed E-state index contributed by atoms with van der Waals surface area (Å²) in [5.74, 6) is 0.873. The summed E-state index contributed by atoms with van der Waals surface area (Å²) in [4.78, 5) is 4.39. The van der Waals surface area contributed by atoms with Gasteiger partial charge in [0.2, 0.25) is 0 Å². The highest BCUT2D eigenvalue weighted by atomic mass is 16.5. The van der Waals surface area contributed by atoms with E-state index in [0.29, 0.717) is 6.61 Å². The van der Waals surface area contributed by atoms with Crippen LogP contribution in [-0.2, 0) is 11.3 Å². The number of rotatable bonds is 9. The van der Waals surface area contributed by atoms with Crippen molar-refractivity contribution in [3.63, 3.8) is 0 Å². The van der Waals surface area contributed by atoms with E-state index < -0.39 is 0 Å². The molecule has 3 heteroatoms. The molecule has 0 saturated carbocycles. The number of benzene rings is 2. The summed E-state index contributed by atoms with van der Waals surface area (Å²) in [6.07, 6.45) is 2.86. The monoisotopic (exact) mass is 297 g/mol. The van der Waals surface area contributed by atoms with Gasteiger partial charge in [0.05, 0.1) is 0 Å². The Bertz CT molecular complexity index is 549. The molecular formula is C19H23NO2. The van der Waals surface area contributed by atoms with Crippen molar-refractivity contribution in [1.29, 1.82) is 0 Å². The van der Waals surface area contributed by atoms with E-state index in [9.17, 15) is 0 Å². The van der Waals surface area contributed by atoms with Gasteiger partial charge in [-0.2, -0.15) is 0 Å². The van der Waals surface area contributed by atoms with Gasteiger partial charge in [0.25, 0.3) is 0 Å². The van der Waals surface area contributed by atoms with Gasteiger partial charge in [-0.25, -0.2) is 0 Å². The Balaban J connectivity index is 1.74.